The zero-order valence-electron chi connectivity index (χ0n) is 18.3. The number of carbonyl (C=O) groups excluding carboxylic acids is 1. The number of nitrogens with one attached hydrogen (secondary N) is 1. The van der Waals surface area contributed by atoms with Gasteiger partial charge >= 0.3 is 16.1 Å². The molecular formula is C24H25FN2O5S. The van der Waals surface area contributed by atoms with Crippen LogP contribution in [-0.2, 0) is 23.2 Å². The van der Waals surface area contributed by atoms with Crippen LogP contribution in [0.1, 0.15) is 18.1 Å². The highest BCUT2D eigenvalue weighted by Gasteiger charge is 2.21. The molecule has 3 aromatic carbocycles. The molecule has 3 rings (SSSR count). The highest BCUT2D eigenvalue weighted by Crippen LogP contribution is 2.26. The third-order valence-electron chi connectivity index (χ3n) is 4.78. The smallest absolute Gasteiger partial charge is 0.339 e. The van der Waals surface area contributed by atoms with Gasteiger partial charge in [-0.2, -0.15) is 8.42 Å². The van der Waals surface area contributed by atoms with Crippen LogP contribution in [0.15, 0.2) is 77.7 Å². The maximum atomic E-state index is 13.3. The molecule has 0 aromatic heterocycles. The number of urea groups is 1. The Morgan fingerprint density at radius 3 is 2.27 bits per heavy atom. The van der Waals surface area contributed by atoms with E-state index in [1.165, 1.54) is 54.5 Å². The van der Waals surface area contributed by atoms with Crippen LogP contribution < -0.4 is 14.2 Å². The number of ether oxygens (including phenoxy) is 1. The summed E-state index contributed by atoms with van der Waals surface area (Å²) in [5.41, 5.74) is 1.23. The molecule has 0 saturated heterocycles. The Bertz CT molecular complexity index is 1180. The van der Waals surface area contributed by atoms with E-state index in [1.807, 2.05) is 0 Å². The normalized spacial score (nSPS) is 11.0. The second-order valence-corrected chi connectivity index (χ2v) is 8.69. The Morgan fingerprint density at radius 1 is 0.970 bits per heavy atom. The number of benzene rings is 3. The van der Waals surface area contributed by atoms with Gasteiger partial charge in [0.2, 0.25) is 0 Å². The summed E-state index contributed by atoms with van der Waals surface area (Å²) in [6.45, 7) is 2.50. The van der Waals surface area contributed by atoms with Gasteiger partial charge in [-0.1, -0.05) is 30.3 Å². The number of rotatable bonds is 9. The van der Waals surface area contributed by atoms with E-state index < -0.39 is 10.1 Å². The Kier molecular flexibility index (Phi) is 7.89. The van der Waals surface area contributed by atoms with Crippen molar-refractivity contribution in [3.05, 3.63) is 89.7 Å². The van der Waals surface area contributed by atoms with Crippen LogP contribution in [-0.4, -0.2) is 33.0 Å². The molecule has 0 aliphatic carbocycles. The number of halogens is 1. The second-order valence-electron chi connectivity index (χ2n) is 7.14. The van der Waals surface area contributed by atoms with Crippen LogP contribution in [0.3, 0.4) is 0 Å². The van der Waals surface area contributed by atoms with Gasteiger partial charge < -0.3 is 19.1 Å². The van der Waals surface area contributed by atoms with Crippen molar-refractivity contribution >= 4 is 16.1 Å². The third-order valence-corrected chi connectivity index (χ3v) is 6.03. The molecule has 0 heterocycles. The Balaban J connectivity index is 1.85. The first-order valence-electron chi connectivity index (χ1n) is 10.3. The largest absolute Gasteiger partial charge is 0.497 e. The zero-order valence-corrected chi connectivity index (χ0v) is 19.1. The third kappa shape index (κ3) is 6.45. The zero-order chi connectivity index (χ0) is 23.8. The van der Waals surface area contributed by atoms with Crippen LogP contribution >= 0.6 is 0 Å². The van der Waals surface area contributed by atoms with E-state index in [0.29, 0.717) is 17.9 Å². The molecule has 0 aliphatic heterocycles. The van der Waals surface area contributed by atoms with Gasteiger partial charge in [0.25, 0.3) is 0 Å². The molecule has 7 nitrogen and oxygen atoms in total. The maximum absolute atomic E-state index is 13.3. The highest BCUT2D eigenvalue weighted by molar-refractivity contribution is 7.87. The first-order chi connectivity index (χ1) is 15.8. The Labute approximate surface area is 192 Å². The lowest BCUT2D eigenvalue weighted by Crippen LogP contribution is -2.39. The molecule has 2 amide bonds. The van der Waals surface area contributed by atoms with Crippen LogP contribution in [0, 0.1) is 5.82 Å². The predicted molar refractivity (Wildman–Crippen MR) is 122 cm³/mol. The van der Waals surface area contributed by atoms with E-state index in [-0.39, 0.29) is 35.6 Å². The van der Waals surface area contributed by atoms with Crippen molar-refractivity contribution in [2.24, 2.45) is 0 Å². The van der Waals surface area contributed by atoms with Gasteiger partial charge in [0, 0.05) is 18.7 Å². The molecule has 1 N–H and O–H groups in total. The fourth-order valence-corrected chi connectivity index (χ4v) is 4.07. The average Bonchev–Trinajstić information content (AvgIpc) is 2.81. The number of amides is 2. The SMILES string of the molecule is CCNC(=O)N(Cc1ccc(F)cc1)Cc1ccccc1OS(=O)(=O)c1ccc(OC)cc1. The fraction of sp³-hybridized carbons (Fsp3) is 0.208. The summed E-state index contributed by atoms with van der Waals surface area (Å²) in [5, 5.41) is 2.74. The highest BCUT2D eigenvalue weighted by atomic mass is 32.2. The number of para-hydroxylation sites is 1. The van der Waals surface area contributed by atoms with E-state index in [4.69, 9.17) is 8.92 Å². The van der Waals surface area contributed by atoms with Crippen LogP contribution in [0.25, 0.3) is 0 Å². The lowest BCUT2D eigenvalue weighted by Gasteiger charge is -2.24. The van der Waals surface area contributed by atoms with Crippen LogP contribution in [0.2, 0.25) is 0 Å². The standard InChI is InChI=1S/C24H25FN2O5S/c1-3-26-24(28)27(16-18-8-10-20(25)11-9-18)17-19-6-4-5-7-23(19)32-33(29,30)22-14-12-21(31-2)13-15-22/h4-15H,3,16-17H2,1-2H3,(H,26,28). The number of carbonyl (C=O) groups is 1. The summed E-state index contributed by atoms with van der Waals surface area (Å²) in [6.07, 6.45) is 0. The van der Waals surface area contributed by atoms with E-state index >= 15 is 0 Å². The molecule has 3 aromatic rings. The Hall–Kier alpha value is -3.59. The Morgan fingerprint density at radius 2 is 1.64 bits per heavy atom. The number of hydrogen-bond donors (Lipinski definition) is 1. The molecule has 9 heteroatoms. The summed E-state index contributed by atoms with van der Waals surface area (Å²) in [5.74, 6) is 0.264. The molecular weight excluding hydrogens is 447 g/mol. The van der Waals surface area contributed by atoms with Gasteiger partial charge in [-0.3, -0.25) is 0 Å². The minimum Gasteiger partial charge on any atom is -0.497 e. The molecule has 0 spiro atoms. The number of nitrogens with zero attached hydrogens (tertiary/aromatic N) is 1. The van der Waals surface area contributed by atoms with E-state index in [9.17, 15) is 17.6 Å². The lowest BCUT2D eigenvalue weighted by atomic mass is 10.1. The summed E-state index contributed by atoms with van der Waals surface area (Å²) in [6, 6.07) is 18.0. The van der Waals surface area contributed by atoms with Gasteiger partial charge in [-0.05, 0) is 55.0 Å². The first-order valence-corrected chi connectivity index (χ1v) is 11.7. The summed E-state index contributed by atoms with van der Waals surface area (Å²) in [7, 11) is -2.62. The van der Waals surface area contributed by atoms with Gasteiger partial charge in [-0.15, -0.1) is 0 Å². The maximum Gasteiger partial charge on any atom is 0.339 e. The van der Waals surface area contributed by atoms with Crippen molar-refractivity contribution in [2.75, 3.05) is 13.7 Å². The number of hydrogen-bond acceptors (Lipinski definition) is 5. The quantitative estimate of drug-likeness (QED) is 0.469. The minimum atomic E-state index is -4.11. The first kappa shape index (κ1) is 24.1. The molecule has 174 valence electrons. The fourth-order valence-electron chi connectivity index (χ4n) is 3.10. The van der Waals surface area contributed by atoms with Gasteiger partial charge in [0.05, 0.1) is 13.7 Å². The topological polar surface area (TPSA) is 84.9 Å². The molecule has 0 aliphatic rings. The average molecular weight is 473 g/mol. The molecule has 0 atom stereocenters. The van der Waals surface area contributed by atoms with E-state index in [2.05, 4.69) is 5.32 Å². The van der Waals surface area contributed by atoms with Gasteiger partial charge in [0.1, 0.15) is 22.2 Å². The lowest BCUT2D eigenvalue weighted by molar-refractivity contribution is 0.192. The van der Waals surface area contributed by atoms with Crippen molar-refractivity contribution < 1.29 is 26.5 Å². The van der Waals surface area contributed by atoms with Crippen molar-refractivity contribution in [1.82, 2.24) is 10.2 Å². The van der Waals surface area contributed by atoms with Crippen molar-refractivity contribution in [3.63, 3.8) is 0 Å². The minimum absolute atomic E-state index is 0.0232. The second kappa shape index (κ2) is 10.8. The van der Waals surface area contributed by atoms with Crippen molar-refractivity contribution in [2.45, 2.75) is 24.9 Å². The summed E-state index contributed by atoms with van der Waals surface area (Å²) >= 11 is 0. The molecule has 0 bridgehead atoms. The molecule has 0 unspecified atom stereocenters. The van der Waals surface area contributed by atoms with E-state index in [1.54, 1.807) is 37.3 Å². The van der Waals surface area contributed by atoms with Crippen molar-refractivity contribution in [1.29, 1.82) is 0 Å². The van der Waals surface area contributed by atoms with Crippen LogP contribution in [0.5, 0.6) is 11.5 Å². The summed E-state index contributed by atoms with van der Waals surface area (Å²) in [4.78, 5) is 14.1. The van der Waals surface area contributed by atoms with Gasteiger partial charge in [-0.25, -0.2) is 9.18 Å². The molecule has 0 saturated carbocycles. The molecule has 0 fully saturated rings. The van der Waals surface area contributed by atoms with Gasteiger partial charge in [0.15, 0.2) is 0 Å². The van der Waals surface area contributed by atoms with E-state index in [0.717, 1.165) is 5.56 Å². The monoisotopic (exact) mass is 472 g/mol. The van der Waals surface area contributed by atoms with Crippen LogP contribution in [0.4, 0.5) is 9.18 Å². The predicted octanol–water partition coefficient (Wildman–Crippen LogP) is 4.33. The molecule has 33 heavy (non-hydrogen) atoms. The molecule has 0 radical (unpaired) electrons. The van der Waals surface area contributed by atoms with Crippen molar-refractivity contribution in [3.8, 4) is 11.5 Å². The summed E-state index contributed by atoms with van der Waals surface area (Å²) < 4.78 is 49.4. The number of methoxy groups -OCH3 is 1.